The minimum Gasteiger partial charge on any atom is -0.477 e. The maximum Gasteiger partial charge on any atom is 0.213 e. The largest absolute Gasteiger partial charge is 0.477 e. The Bertz CT molecular complexity index is 710. The molecule has 23 heavy (non-hydrogen) atoms. The van der Waals surface area contributed by atoms with E-state index in [-0.39, 0.29) is 0 Å². The number of hydrogen-bond donors (Lipinski definition) is 0. The monoisotopic (exact) mass is 308 g/mol. The normalized spacial score (nSPS) is 17.6. The highest BCUT2D eigenvalue weighted by molar-refractivity contribution is 5.55. The van der Waals surface area contributed by atoms with Gasteiger partial charge < -0.3 is 9.64 Å². The van der Waals surface area contributed by atoms with Crippen molar-refractivity contribution in [1.82, 2.24) is 9.97 Å². The van der Waals surface area contributed by atoms with Gasteiger partial charge in [0.25, 0.3) is 0 Å². The first-order chi connectivity index (χ1) is 11.3. The summed E-state index contributed by atoms with van der Waals surface area (Å²) in [4.78, 5) is 10.8. The number of aryl methyl sites for hydroxylation is 1. The van der Waals surface area contributed by atoms with E-state index in [9.17, 15) is 5.26 Å². The van der Waals surface area contributed by atoms with Gasteiger partial charge in [-0.3, -0.25) is 0 Å². The third kappa shape index (κ3) is 3.78. The summed E-state index contributed by atoms with van der Waals surface area (Å²) in [5.74, 6) is 1.11. The standard InChI is InChI=1S/C18H20N4O/c1-14-5-2-8-18(21-14)23-13-15-6-4-10-22(12-15)17-7-3-9-20-16(17)11-19/h2-3,5,7-9,15H,4,6,10,12-13H2,1H3. The van der Waals surface area contributed by atoms with E-state index >= 15 is 0 Å². The van der Waals surface area contributed by atoms with Crippen LogP contribution in [0.2, 0.25) is 0 Å². The van der Waals surface area contributed by atoms with Crippen LogP contribution in [-0.2, 0) is 0 Å². The predicted octanol–water partition coefficient (Wildman–Crippen LogP) is 2.95. The fraction of sp³-hybridized carbons (Fsp3) is 0.389. The Labute approximate surface area is 136 Å². The van der Waals surface area contributed by atoms with Gasteiger partial charge in [-0.1, -0.05) is 6.07 Å². The van der Waals surface area contributed by atoms with Crippen LogP contribution in [0.4, 0.5) is 5.69 Å². The Hall–Kier alpha value is -2.61. The van der Waals surface area contributed by atoms with Crippen LogP contribution >= 0.6 is 0 Å². The molecule has 1 unspecified atom stereocenters. The van der Waals surface area contributed by atoms with Crippen LogP contribution in [0.5, 0.6) is 5.88 Å². The second-order valence-electron chi connectivity index (χ2n) is 5.87. The molecular weight excluding hydrogens is 288 g/mol. The minimum atomic E-state index is 0.429. The van der Waals surface area contributed by atoms with Gasteiger partial charge in [0, 0.05) is 37.0 Å². The Kier molecular flexibility index (Phi) is 4.72. The molecule has 5 nitrogen and oxygen atoms in total. The Balaban J connectivity index is 1.63. The van der Waals surface area contributed by atoms with Gasteiger partial charge in [-0.05, 0) is 38.0 Å². The molecule has 0 saturated carbocycles. The van der Waals surface area contributed by atoms with Gasteiger partial charge in [-0.2, -0.15) is 5.26 Å². The molecule has 0 N–H and O–H groups in total. The van der Waals surface area contributed by atoms with Crippen molar-refractivity contribution in [2.24, 2.45) is 5.92 Å². The zero-order valence-corrected chi connectivity index (χ0v) is 13.3. The molecule has 0 radical (unpaired) electrons. The molecule has 0 bridgehead atoms. The fourth-order valence-corrected chi connectivity index (χ4v) is 2.96. The average molecular weight is 308 g/mol. The van der Waals surface area contributed by atoms with Gasteiger partial charge in [0.1, 0.15) is 6.07 Å². The van der Waals surface area contributed by atoms with Crippen molar-refractivity contribution in [3.63, 3.8) is 0 Å². The Morgan fingerprint density at radius 3 is 3.09 bits per heavy atom. The van der Waals surface area contributed by atoms with Crippen molar-refractivity contribution in [3.8, 4) is 11.9 Å². The number of piperidine rings is 1. The summed E-state index contributed by atoms with van der Waals surface area (Å²) in [6, 6.07) is 11.8. The highest BCUT2D eigenvalue weighted by Gasteiger charge is 2.22. The number of nitriles is 1. The smallest absolute Gasteiger partial charge is 0.213 e. The summed E-state index contributed by atoms with van der Waals surface area (Å²) in [5.41, 5.74) is 2.38. The van der Waals surface area contributed by atoms with Crippen molar-refractivity contribution in [2.45, 2.75) is 19.8 Å². The lowest BCUT2D eigenvalue weighted by molar-refractivity contribution is 0.221. The van der Waals surface area contributed by atoms with E-state index in [1.54, 1.807) is 6.20 Å². The molecule has 1 aliphatic heterocycles. The summed E-state index contributed by atoms with van der Waals surface area (Å²) < 4.78 is 5.85. The van der Waals surface area contributed by atoms with Gasteiger partial charge in [-0.25, -0.2) is 9.97 Å². The van der Waals surface area contributed by atoms with Crippen LogP contribution < -0.4 is 9.64 Å². The molecule has 118 valence electrons. The fourth-order valence-electron chi connectivity index (χ4n) is 2.96. The number of anilines is 1. The van der Waals surface area contributed by atoms with E-state index in [0.717, 1.165) is 37.3 Å². The summed E-state index contributed by atoms with van der Waals surface area (Å²) in [5, 5.41) is 9.22. The summed E-state index contributed by atoms with van der Waals surface area (Å²) in [7, 11) is 0. The van der Waals surface area contributed by atoms with Gasteiger partial charge in [0.2, 0.25) is 5.88 Å². The van der Waals surface area contributed by atoms with E-state index in [4.69, 9.17) is 4.74 Å². The summed E-state index contributed by atoms with van der Waals surface area (Å²) >= 11 is 0. The number of hydrogen-bond acceptors (Lipinski definition) is 5. The average Bonchev–Trinajstić information content (AvgIpc) is 2.60. The van der Waals surface area contributed by atoms with Crippen molar-refractivity contribution >= 4 is 5.69 Å². The first kappa shape index (κ1) is 15.3. The second-order valence-corrected chi connectivity index (χ2v) is 5.87. The first-order valence-electron chi connectivity index (χ1n) is 7.93. The number of nitrogens with zero attached hydrogens (tertiary/aromatic N) is 4. The van der Waals surface area contributed by atoms with E-state index < -0.39 is 0 Å². The highest BCUT2D eigenvalue weighted by Crippen LogP contribution is 2.25. The zero-order chi connectivity index (χ0) is 16.1. The maximum absolute atomic E-state index is 9.22. The second kappa shape index (κ2) is 7.10. The maximum atomic E-state index is 9.22. The van der Waals surface area contributed by atoms with Crippen LogP contribution in [0.15, 0.2) is 36.5 Å². The summed E-state index contributed by atoms with van der Waals surface area (Å²) in [6.07, 6.45) is 3.88. The predicted molar refractivity (Wildman–Crippen MR) is 88.4 cm³/mol. The Morgan fingerprint density at radius 1 is 1.35 bits per heavy atom. The molecule has 3 heterocycles. The van der Waals surface area contributed by atoms with Crippen molar-refractivity contribution in [1.29, 1.82) is 5.26 Å². The third-order valence-corrected chi connectivity index (χ3v) is 4.08. The molecular formula is C18H20N4O. The molecule has 1 saturated heterocycles. The number of aromatic nitrogens is 2. The molecule has 3 rings (SSSR count). The lowest BCUT2D eigenvalue weighted by atomic mass is 9.98. The van der Waals surface area contributed by atoms with Crippen LogP contribution in [0, 0.1) is 24.2 Å². The molecule has 2 aromatic heterocycles. The minimum absolute atomic E-state index is 0.429. The first-order valence-corrected chi connectivity index (χ1v) is 7.93. The number of rotatable bonds is 4. The number of ether oxygens (including phenoxy) is 1. The lowest BCUT2D eigenvalue weighted by Crippen LogP contribution is -2.38. The van der Waals surface area contributed by atoms with Crippen LogP contribution in [0.3, 0.4) is 0 Å². The zero-order valence-electron chi connectivity index (χ0n) is 13.3. The molecule has 1 fully saturated rings. The molecule has 1 atom stereocenters. The van der Waals surface area contributed by atoms with Crippen molar-refractivity contribution in [2.75, 3.05) is 24.6 Å². The topological polar surface area (TPSA) is 62.0 Å². The van der Waals surface area contributed by atoms with Gasteiger partial charge in [0.15, 0.2) is 5.69 Å². The molecule has 0 spiro atoms. The van der Waals surface area contributed by atoms with Gasteiger partial charge >= 0.3 is 0 Å². The van der Waals surface area contributed by atoms with Crippen molar-refractivity contribution in [3.05, 3.63) is 47.9 Å². The lowest BCUT2D eigenvalue weighted by Gasteiger charge is -2.34. The van der Waals surface area contributed by atoms with Crippen molar-refractivity contribution < 1.29 is 4.74 Å². The van der Waals surface area contributed by atoms with Crippen LogP contribution in [0.1, 0.15) is 24.2 Å². The van der Waals surface area contributed by atoms with E-state index in [1.165, 1.54) is 0 Å². The van der Waals surface area contributed by atoms with Gasteiger partial charge in [0.05, 0.1) is 12.3 Å². The SMILES string of the molecule is Cc1cccc(OCC2CCCN(c3cccnc3C#N)C2)n1. The van der Waals surface area contributed by atoms with E-state index in [2.05, 4.69) is 20.9 Å². The highest BCUT2D eigenvalue weighted by atomic mass is 16.5. The van der Waals surface area contributed by atoms with Gasteiger partial charge in [-0.15, -0.1) is 0 Å². The molecule has 2 aromatic rings. The summed E-state index contributed by atoms with van der Waals surface area (Å²) in [6.45, 7) is 4.45. The van der Waals surface area contributed by atoms with E-state index in [0.29, 0.717) is 24.1 Å². The molecule has 0 aromatic carbocycles. The van der Waals surface area contributed by atoms with Crippen LogP contribution in [0.25, 0.3) is 0 Å². The molecule has 5 heteroatoms. The molecule has 0 amide bonds. The third-order valence-electron chi connectivity index (χ3n) is 4.08. The van der Waals surface area contributed by atoms with Crippen LogP contribution in [-0.4, -0.2) is 29.7 Å². The quantitative estimate of drug-likeness (QED) is 0.869. The Morgan fingerprint density at radius 2 is 2.26 bits per heavy atom. The molecule has 1 aliphatic rings. The number of pyridine rings is 2. The van der Waals surface area contributed by atoms with E-state index in [1.807, 2.05) is 37.3 Å². The molecule has 0 aliphatic carbocycles.